The molecular weight excluding hydrogens is 356 g/mol. The molecule has 0 unspecified atom stereocenters. The summed E-state index contributed by atoms with van der Waals surface area (Å²) in [5.41, 5.74) is 0.381. The lowest BCUT2D eigenvalue weighted by Crippen LogP contribution is -2.40. The van der Waals surface area contributed by atoms with Crippen LogP contribution in [0, 0.1) is 11.6 Å². The third kappa shape index (κ3) is 3.71. The van der Waals surface area contributed by atoms with Crippen LogP contribution in [0.5, 0.6) is 5.88 Å². The molecule has 0 bridgehead atoms. The number of likely N-dealkylation sites (tertiary alicyclic amines) is 1. The molecule has 2 atom stereocenters. The Hall–Kier alpha value is -3.10. The van der Waals surface area contributed by atoms with Crippen molar-refractivity contribution in [3.8, 4) is 5.88 Å². The van der Waals surface area contributed by atoms with Crippen molar-refractivity contribution in [1.29, 1.82) is 0 Å². The van der Waals surface area contributed by atoms with Gasteiger partial charge in [-0.05, 0) is 17.7 Å². The molecule has 140 valence electrons. The molecule has 0 N–H and O–H groups in total. The monoisotopic (exact) mass is 373 g/mol. The Labute approximate surface area is 154 Å². The van der Waals surface area contributed by atoms with Gasteiger partial charge in [0.15, 0.2) is 0 Å². The summed E-state index contributed by atoms with van der Waals surface area (Å²) in [5.74, 6) is -0.899. The predicted octanol–water partition coefficient (Wildman–Crippen LogP) is 2.76. The van der Waals surface area contributed by atoms with Gasteiger partial charge >= 0.3 is 6.03 Å². The number of carbonyl (C=O) groups is 1. The predicted molar refractivity (Wildman–Crippen MR) is 92.1 cm³/mol. The Bertz CT molecular complexity index is 844. The Morgan fingerprint density at radius 3 is 2.78 bits per heavy atom. The lowest BCUT2D eigenvalue weighted by Gasteiger charge is -2.27. The third-order valence-electron chi connectivity index (χ3n) is 4.55. The van der Waals surface area contributed by atoms with Crippen molar-refractivity contribution in [1.82, 2.24) is 19.9 Å². The number of rotatable bonds is 3. The van der Waals surface area contributed by atoms with Gasteiger partial charge in [-0.3, -0.25) is 0 Å². The van der Waals surface area contributed by atoms with E-state index in [1.165, 1.54) is 23.5 Å². The van der Waals surface area contributed by atoms with Crippen LogP contribution >= 0.6 is 0 Å². The first-order valence-corrected chi connectivity index (χ1v) is 8.59. The Morgan fingerprint density at radius 2 is 2.04 bits per heavy atom. The highest BCUT2D eigenvalue weighted by Gasteiger charge is 2.36. The number of hydrazone groups is 1. The van der Waals surface area contributed by atoms with Gasteiger partial charge in [0.2, 0.25) is 5.88 Å². The summed E-state index contributed by atoms with van der Waals surface area (Å²) in [4.78, 5) is 22.3. The quantitative estimate of drug-likeness (QED) is 0.830. The van der Waals surface area contributed by atoms with Crippen molar-refractivity contribution < 1.29 is 18.3 Å². The number of ether oxygens (including phenoxy) is 1. The van der Waals surface area contributed by atoms with E-state index in [1.807, 2.05) is 0 Å². The maximum Gasteiger partial charge on any atom is 0.341 e. The SMILES string of the molecule is O=C(N1CC[C@@H](Oc2ccncn2)C1)N1N=CC[C@H]1c1cc(F)cc(F)c1. The molecule has 0 spiro atoms. The summed E-state index contributed by atoms with van der Waals surface area (Å²) in [6.07, 6.45) is 5.45. The third-order valence-corrected chi connectivity index (χ3v) is 4.55. The average Bonchev–Trinajstić information content (AvgIpc) is 3.31. The molecule has 27 heavy (non-hydrogen) atoms. The maximum atomic E-state index is 13.5. The average molecular weight is 373 g/mol. The maximum absolute atomic E-state index is 13.5. The first-order valence-electron chi connectivity index (χ1n) is 8.59. The van der Waals surface area contributed by atoms with Gasteiger partial charge < -0.3 is 9.64 Å². The first kappa shape index (κ1) is 17.3. The molecule has 2 aromatic rings. The Morgan fingerprint density at radius 1 is 1.22 bits per heavy atom. The second-order valence-electron chi connectivity index (χ2n) is 6.40. The molecule has 3 heterocycles. The van der Waals surface area contributed by atoms with Crippen LogP contribution in [-0.4, -0.2) is 51.3 Å². The lowest BCUT2D eigenvalue weighted by molar-refractivity contribution is 0.141. The molecule has 1 aromatic carbocycles. The van der Waals surface area contributed by atoms with Crippen molar-refractivity contribution in [2.75, 3.05) is 13.1 Å². The number of halogens is 2. The van der Waals surface area contributed by atoms with Crippen molar-refractivity contribution >= 4 is 12.2 Å². The minimum absolute atomic E-state index is 0.180. The zero-order chi connectivity index (χ0) is 18.8. The molecule has 4 rings (SSSR count). The first-order chi connectivity index (χ1) is 13.1. The van der Waals surface area contributed by atoms with Crippen molar-refractivity contribution in [2.24, 2.45) is 5.10 Å². The van der Waals surface area contributed by atoms with Crippen molar-refractivity contribution in [2.45, 2.75) is 25.0 Å². The fraction of sp³-hybridized carbons (Fsp3) is 0.333. The number of hydrogen-bond donors (Lipinski definition) is 0. The van der Waals surface area contributed by atoms with Gasteiger partial charge in [0.25, 0.3) is 0 Å². The van der Waals surface area contributed by atoms with E-state index in [0.717, 1.165) is 6.07 Å². The van der Waals surface area contributed by atoms with Crippen LogP contribution in [0.4, 0.5) is 13.6 Å². The molecule has 1 aromatic heterocycles. The standard InChI is InChI=1S/C18H17F2N5O2/c19-13-7-12(8-14(20)9-13)16-1-5-23-25(16)18(26)24-6-3-15(10-24)27-17-2-4-21-11-22-17/h2,4-5,7-9,11,15-16H,1,3,6,10H2/t15-,16+/m1/s1. The van der Waals surface area contributed by atoms with E-state index in [1.54, 1.807) is 23.4 Å². The number of hydrogen-bond acceptors (Lipinski definition) is 5. The smallest absolute Gasteiger partial charge is 0.341 e. The molecule has 2 aliphatic rings. The topological polar surface area (TPSA) is 70.9 Å². The van der Waals surface area contributed by atoms with Gasteiger partial charge in [0.05, 0.1) is 12.6 Å². The van der Waals surface area contributed by atoms with E-state index in [9.17, 15) is 13.6 Å². The largest absolute Gasteiger partial charge is 0.472 e. The number of nitrogens with zero attached hydrogens (tertiary/aromatic N) is 5. The number of benzene rings is 1. The molecule has 7 nitrogen and oxygen atoms in total. The van der Waals surface area contributed by atoms with Gasteiger partial charge in [-0.25, -0.2) is 28.6 Å². The van der Waals surface area contributed by atoms with Crippen LogP contribution in [0.3, 0.4) is 0 Å². The van der Waals surface area contributed by atoms with Gasteiger partial charge in [-0.1, -0.05) is 0 Å². The van der Waals surface area contributed by atoms with Crippen LogP contribution in [-0.2, 0) is 0 Å². The van der Waals surface area contributed by atoms with E-state index < -0.39 is 17.7 Å². The molecule has 1 fully saturated rings. The highest BCUT2D eigenvalue weighted by atomic mass is 19.1. The number of amides is 2. The zero-order valence-corrected chi connectivity index (χ0v) is 14.3. The van der Waals surface area contributed by atoms with E-state index in [4.69, 9.17) is 4.74 Å². The molecule has 2 aliphatic heterocycles. The van der Waals surface area contributed by atoms with E-state index in [0.29, 0.717) is 37.4 Å². The number of aromatic nitrogens is 2. The summed E-state index contributed by atoms with van der Waals surface area (Å²) < 4.78 is 32.9. The summed E-state index contributed by atoms with van der Waals surface area (Å²) in [7, 11) is 0. The summed E-state index contributed by atoms with van der Waals surface area (Å²) in [6, 6.07) is 4.09. The molecular formula is C18H17F2N5O2. The second kappa shape index (κ2) is 7.26. The summed E-state index contributed by atoms with van der Waals surface area (Å²) >= 11 is 0. The Kier molecular flexibility index (Phi) is 4.66. The van der Waals surface area contributed by atoms with Crippen LogP contribution in [0.15, 0.2) is 41.9 Å². The van der Waals surface area contributed by atoms with E-state index in [-0.39, 0.29) is 12.1 Å². The second-order valence-corrected chi connectivity index (χ2v) is 6.40. The molecule has 0 aliphatic carbocycles. The van der Waals surface area contributed by atoms with Crippen LogP contribution in [0.2, 0.25) is 0 Å². The molecule has 2 amide bonds. The summed E-state index contributed by atoms with van der Waals surface area (Å²) in [6.45, 7) is 0.893. The van der Waals surface area contributed by atoms with E-state index in [2.05, 4.69) is 15.1 Å². The normalized spacial score (nSPS) is 21.7. The minimum Gasteiger partial charge on any atom is -0.472 e. The van der Waals surface area contributed by atoms with Gasteiger partial charge in [0.1, 0.15) is 24.1 Å². The summed E-state index contributed by atoms with van der Waals surface area (Å²) in [5, 5.41) is 5.40. The lowest BCUT2D eigenvalue weighted by atomic mass is 10.0. The van der Waals surface area contributed by atoms with Gasteiger partial charge in [-0.15, -0.1) is 0 Å². The van der Waals surface area contributed by atoms with Gasteiger partial charge in [0, 0.05) is 43.9 Å². The highest BCUT2D eigenvalue weighted by Crippen LogP contribution is 2.31. The van der Waals surface area contributed by atoms with Gasteiger partial charge in [-0.2, -0.15) is 5.10 Å². The molecule has 0 radical (unpaired) electrons. The van der Waals surface area contributed by atoms with Crippen LogP contribution in [0.25, 0.3) is 0 Å². The zero-order valence-electron chi connectivity index (χ0n) is 14.3. The van der Waals surface area contributed by atoms with E-state index >= 15 is 0 Å². The molecule has 0 saturated carbocycles. The highest BCUT2D eigenvalue weighted by molar-refractivity contribution is 5.78. The fourth-order valence-corrected chi connectivity index (χ4v) is 3.30. The molecule has 1 saturated heterocycles. The van der Waals surface area contributed by atoms with Crippen LogP contribution < -0.4 is 4.74 Å². The van der Waals surface area contributed by atoms with Crippen molar-refractivity contribution in [3.05, 3.63) is 54.0 Å². The Balaban J connectivity index is 1.43. The number of urea groups is 1. The van der Waals surface area contributed by atoms with Crippen LogP contribution in [0.1, 0.15) is 24.4 Å². The fourth-order valence-electron chi connectivity index (χ4n) is 3.30. The number of carbonyl (C=O) groups excluding carboxylic acids is 1. The van der Waals surface area contributed by atoms with Crippen molar-refractivity contribution in [3.63, 3.8) is 0 Å². The molecule has 9 heteroatoms. The minimum atomic E-state index is -0.677.